The molecule has 3 nitrogen and oxygen atoms in total. The van der Waals surface area contributed by atoms with E-state index in [9.17, 15) is 0 Å². The largest absolute Gasteiger partial charge is 0.423 e. The first-order chi connectivity index (χ1) is 13.2. The molecule has 0 fully saturated rings. The summed E-state index contributed by atoms with van der Waals surface area (Å²) in [5, 5.41) is 3.97. The summed E-state index contributed by atoms with van der Waals surface area (Å²) >= 11 is 6.15. The molecule has 0 aliphatic heterocycles. The molecule has 0 unspecified atom stereocenters. The van der Waals surface area contributed by atoms with Crippen LogP contribution in [0.4, 0.5) is 11.7 Å². The van der Waals surface area contributed by atoms with Crippen LogP contribution in [0, 0.1) is 0 Å². The van der Waals surface area contributed by atoms with Gasteiger partial charge in [-0.2, -0.15) is 4.98 Å². The van der Waals surface area contributed by atoms with E-state index in [2.05, 4.69) is 41.5 Å². The highest BCUT2D eigenvalue weighted by Gasteiger charge is 2.11. The summed E-state index contributed by atoms with van der Waals surface area (Å²) in [4.78, 5) is 4.67. The molecular weight excluding hydrogens is 356 g/mol. The zero-order valence-electron chi connectivity index (χ0n) is 15.2. The maximum absolute atomic E-state index is 6.15. The van der Waals surface area contributed by atoms with Crippen LogP contribution in [0.1, 0.15) is 25.3 Å². The Labute approximate surface area is 164 Å². The van der Waals surface area contributed by atoms with Gasteiger partial charge in [0.1, 0.15) is 5.52 Å². The zero-order valence-corrected chi connectivity index (χ0v) is 16.0. The lowest BCUT2D eigenvalue weighted by atomic mass is 10.0. The molecule has 0 atom stereocenters. The van der Waals surface area contributed by atoms with Gasteiger partial charge in [-0.1, -0.05) is 61.3 Å². The first-order valence-electron chi connectivity index (χ1n) is 9.24. The first kappa shape index (κ1) is 17.6. The van der Waals surface area contributed by atoms with E-state index in [0.29, 0.717) is 11.0 Å². The van der Waals surface area contributed by atoms with Gasteiger partial charge in [-0.15, -0.1) is 0 Å². The Morgan fingerprint density at radius 2 is 1.81 bits per heavy atom. The van der Waals surface area contributed by atoms with E-state index in [0.717, 1.165) is 34.3 Å². The molecule has 0 aliphatic rings. The highest BCUT2D eigenvalue weighted by Crippen LogP contribution is 2.32. The van der Waals surface area contributed by atoms with Gasteiger partial charge in [0.25, 0.3) is 6.01 Å². The third-order valence-electron chi connectivity index (χ3n) is 4.58. The molecule has 1 aromatic heterocycles. The Balaban J connectivity index is 1.61. The Kier molecular flexibility index (Phi) is 5.12. The second-order valence-corrected chi connectivity index (χ2v) is 7.04. The molecular formula is C23H21ClN2O. The van der Waals surface area contributed by atoms with E-state index in [4.69, 9.17) is 16.0 Å². The summed E-state index contributed by atoms with van der Waals surface area (Å²) in [7, 11) is 0. The summed E-state index contributed by atoms with van der Waals surface area (Å²) in [6, 6.07) is 22.6. The second kappa shape index (κ2) is 7.85. The van der Waals surface area contributed by atoms with E-state index in [1.807, 2.05) is 42.5 Å². The van der Waals surface area contributed by atoms with Crippen LogP contribution in [0.25, 0.3) is 22.2 Å². The van der Waals surface area contributed by atoms with Crippen molar-refractivity contribution in [3.63, 3.8) is 0 Å². The quantitative estimate of drug-likeness (QED) is 0.385. The fourth-order valence-corrected chi connectivity index (χ4v) is 3.34. The number of nitrogens with zero attached hydrogens (tertiary/aromatic N) is 1. The molecule has 4 aromatic rings. The van der Waals surface area contributed by atoms with Crippen molar-refractivity contribution >= 4 is 34.4 Å². The van der Waals surface area contributed by atoms with Crippen molar-refractivity contribution < 1.29 is 4.42 Å². The summed E-state index contributed by atoms with van der Waals surface area (Å²) in [5.41, 5.74) is 5.90. The fourth-order valence-electron chi connectivity index (χ4n) is 3.15. The van der Waals surface area contributed by atoms with Gasteiger partial charge in [0.15, 0.2) is 5.58 Å². The van der Waals surface area contributed by atoms with Crippen molar-refractivity contribution in [1.29, 1.82) is 0 Å². The SMILES string of the molecule is CCCCc1ccc(Nc2nc3c(-c4cccc(Cl)c4)cccc3o2)cc1. The summed E-state index contributed by atoms with van der Waals surface area (Å²) in [6.45, 7) is 2.21. The minimum atomic E-state index is 0.487. The summed E-state index contributed by atoms with van der Waals surface area (Å²) < 4.78 is 5.90. The predicted molar refractivity (Wildman–Crippen MR) is 113 cm³/mol. The van der Waals surface area contributed by atoms with Crippen molar-refractivity contribution in [2.75, 3.05) is 5.32 Å². The first-order valence-corrected chi connectivity index (χ1v) is 9.62. The molecule has 0 amide bonds. The standard InChI is InChI=1S/C23H21ClN2O/c1-2-3-6-16-11-13-19(14-12-16)25-23-26-22-20(9-5-10-21(22)27-23)17-7-4-8-18(24)15-17/h4-5,7-15H,2-3,6H2,1H3,(H,25,26). The van der Waals surface area contributed by atoms with Crippen LogP contribution in [-0.2, 0) is 6.42 Å². The Bertz CT molecular complexity index is 1050. The molecule has 3 aromatic carbocycles. The van der Waals surface area contributed by atoms with Gasteiger partial charge >= 0.3 is 0 Å². The predicted octanol–water partition coefficient (Wildman–Crippen LogP) is 7.23. The molecule has 136 valence electrons. The maximum Gasteiger partial charge on any atom is 0.300 e. The molecule has 0 bridgehead atoms. The third kappa shape index (κ3) is 3.99. The average molecular weight is 377 g/mol. The molecule has 1 N–H and O–H groups in total. The van der Waals surface area contributed by atoms with Gasteiger partial charge in [-0.3, -0.25) is 0 Å². The van der Waals surface area contributed by atoms with Crippen molar-refractivity contribution in [1.82, 2.24) is 4.98 Å². The number of hydrogen-bond donors (Lipinski definition) is 1. The number of aromatic nitrogens is 1. The monoisotopic (exact) mass is 376 g/mol. The molecule has 0 spiro atoms. The van der Waals surface area contributed by atoms with E-state index in [1.54, 1.807) is 0 Å². The smallest absolute Gasteiger partial charge is 0.300 e. The summed E-state index contributed by atoms with van der Waals surface area (Å²) in [5.74, 6) is 0. The van der Waals surface area contributed by atoms with Gasteiger partial charge < -0.3 is 9.73 Å². The number of oxazole rings is 1. The van der Waals surface area contributed by atoms with Gasteiger partial charge in [-0.25, -0.2) is 0 Å². The van der Waals surface area contributed by atoms with Crippen molar-refractivity contribution in [3.8, 4) is 11.1 Å². The lowest BCUT2D eigenvalue weighted by Gasteiger charge is -2.04. The Hall–Kier alpha value is -2.78. The minimum absolute atomic E-state index is 0.487. The number of para-hydroxylation sites is 1. The highest BCUT2D eigenvalue weighted by molar-refractivity contribution is 6.30. The number of rotatable bonds is 6. The number of fused-ring (bicyclic) bond motifs is 1. The molecule has 4 rings (SSSR count). The van der Waals surface area contributed by atoms with Crippen LogP contribution in [0.2, 0.25) is 5.02 Å². The number of unbranched alkanes of at least 4 members (excludes halogenated alkanes) is 1. The molecule has 0 aliphatic carbocycles. The van der Waals surface area contributed by atoms with E-state index >= 15 is 0 Å². The van der Waals surface area contributed by atoms with Crippen LogP contribution >= 0.6 is 11.6 Å². The third-order valence-corrected chi connectivity index (χ3v) is 4.81. The number of halogens is 1. The van der Waals surface area contributed by atoms with Gasteiger partial charge in [0.2, 0.25) is 0 Å². The van der Waals surface area contributed by atoms with Crippen LogP contribution in [0.5, 0.6) is 0 Å². The number of anilines is 2. The van der Waals surface area contributed by atoms with Crippen molar-refractivity contribution in [2.24, 2.45) is 0 Å². The number of benzene rings is 3. The normalized spacial score (nSPS) is 11.0. The lowest BCUT2D eigenvalue weighted by molar-refractivity contribution is 0.623. The van der Waals surface area contributed by atoms with Crippen LogP contribution in [-0.4, -0.2) is 4.98 Å². The fraction of sp³-hybridized carbons (Fsp3) is 0.174. The molecule has 0 saturated carbocycles. The minimum Gasteiger partial charge on any atom is -0.423 e. The topological polar surface area (TPSA) is 38.1 Å². The second-order valence-electron chi connectivity index (χ2n) is 6.61. The molecule has 27 heavy (non-hydrogen) atoms. The van der Waals surface area contributed by atoms with Gasteiger partial charge in [-0.05, 0) is 54.3 Å². The number of nitrogens with one attached hydrogen (secondary N) is 1. The van der Waals surface area contributed by atoms with Crippen molar-refractivity contribution in [3.05, 3.63) is 77.3 Å². The van der Waals surface area contributed by atoms with Crippen LogP contribution in [0.15, 0.2) is 71.1 Å². The number of hydrogen-bond acceptors (Lipinski definition) is 3. The average Bonchev–Trinajstić information content (AvgIpc) is 3.10. The zero-order chi connectivity index (χ0) is 18.6. The molecule has 4 heteroatoms. The van der Waals surface area contributed by atoms with E-state index in [1.165, 1.54) is 18.4 Å². The molecule has 1 heterocycles. The van der Waals surface area contributed by atoms with Crippen LogP contribution in [0.3, 0.4) is 0 Å². The lowest BCUT2D eigenvalue weighted by Crippen LogP contribution is -1.91. The highest BCUT2D eigenvalue weighted by atomic mass is 35.5. The van der Waals surface area contributed by atoms with E-state index in [-0.39, 0.29) is 0 Å². The molecule has 0 saturated heterocycles. The van der Waals surface area contributed by atoms with E-state index < -0.39 is 0 Å². The maximum atomic E-state index is 6.15. The Morgan fingerprint density at radius 1 is 1.00 bits per heavy atom. The van der Waals surface area contributed by atoms with Gasteiger partial charge in [0.05, 0.1) is 0 Å². The van der Waals surface area contributed by atoms with Crippen LogP contribution < -0.4 is 5.32 Å². The van der Waals surface area contributed by atoms with Gasteiger partial charge in [0, 0.05) is 16.3 Å². The number of aryl methyl sites for hydroxylation is 1. The molecule has 0 radical (unpaired) electrons. The summed E-state index contributed by atoms with van der Waals surface area (Å²) in [6.07, 6.45) is 3.53. The Morgan fingerprint density at radius 3 is 2.59 bits per heavy atom. The van der Waals surface area contributed by atoms with Crippen molar-refractivity contribution in [2.45, 2.75) is 26.2 Å².